The van der Waals surface area contributed by atoms with E-state index in [0.717, 1.165) is 28.8 Å². The molecule has 3 nitrogen and oxygen atoms in total. The molecule has 0 atom stereocenters. The van der Waals surface area contributed by atoms with Crippen molar-refractivity contribution in [3.8, 4) is 16.9 Å². The van der Waals surface area contributed by atoms with Crippen LogP contribution < -0.4 is 0 Å². The molecule has 3 aromatic rings. The first kappa shape index (κ1) is 11.9. The molecule has 0 saturated heterocycles. The maximum atomic E-state index is 11.2. The highest BCUT2D eigenvalue weighted by Crippen LogP contribution is 2.25. The van der Waals surface area contributed by atoms with Gasteiger partial charge in [0.25, 0.3) is 0 Å². The van der Waals surface area contributed by atoms with E-state index in [4.69, 9.17) is 0 Å². The number of aryl methyl sites for hydroxylation is 1. The predicted molar refractivity (Wildman–Crippen MR) is 77.0 cm³/mol. The summed E-state index contributed by atoms with van der Waals surface area (Å²) in [4.78, 5) is 11.2. The molecule has 2 heterocycles. The van der Waals surface area contributed by atoms with Crippen molar-refractivity contribution in [1.29, 1.82) is 0 Å². The summed E-state index contributed by atoms with van der Waals surface area (Å²) in [5, 5.41) is 8.53. The van der Waals surface area contributed by atoms with Crippen LogP contribution in [0, 0.1) is 6.92 Å². The van der Waals surface area contributed by atoms with Crippen LogP contribution in [0.3, 0.4) is 0 Å². The van der Waals surface area contributed by atoms with E-state index >= 15 is 0 Å². The summed E-state index contributed by atoms with van der Waals surface area (Å²) in [6.07, 6.45) is 2.64. The normalized spacial score (nSPS) is 10.6. The predicted octanol–water partition coefficient (Wildman–Crippen LogP) is 3.72. The molecule has 0 aliphatic carbocycles. The number of hydrogen-bond acceptors (Lipinski definition) is 3. The van der Waals surface area contributed by atoms with Crippen molar-refractivity contribution < 1.29 is 4.79 Å². The van der Waals surface area contributed by atoms with Crippen molar-refractivity contribution in [2.45, 2.75) is 6.92 Å². The summed E-state index contributed by atoms with van der Waals surface area (Å²) in [5.41, 5.74) is 4.45. The van der Waals surface area contributed by atoms with Gasteiger partial charge in [0.1, 0.15) is 5.69 Å². The smallest absolute Gasteiger partial charge is 0.153 e. The summed E-state index contributed by atoms with van der Waals surface area (Å²) >= 11 is 1.60. The van der Waals surface area contributed by atoms with Gasteiger partial charge in [-0.25, -0.2) is 4.68 Å². The Morgan fingerprint density at radius 3 is 2.79 bits per heavy atom. The van der Waals surface area contributed by atoms with E-state index in [0.29, 0.717) is 5.56 Å². The van der Waals surface area contributed by atoms with Gasteiger partial charge >= 0.3 is 0 Å². The van der Waals surface area contributed by atoms with Crippen molar-refractivity contribution >= 4 is 17.6 Å². The van der Waals surface area contributed by atoms with Crippen molar-refractivity contribution in [1.82, 2.24) is 9.78 Å². The average Bonchev–Trinajstić information content (AvgIpc) is 3.08. The van der Waals surface area contributed by atoms with Crippen LogP contribution in [0.1, 0.15) is 15.9 Å². The lowest BCUT2D eigenvalue weighted by atomic mass is 10.2. The molecular formula is C15H12N2OS. The van der Waals surface area contributed by atoms with E-state index in [1.165, 1.54) is 0 Å². The fourth-order valence-corrected chi connectivity index (χ4v) is 2.68. The fraction of sp³-hybridized carbons (Fsp3) is 0.0667. The van der Waals surface area contributed by atoms with Crippen LogP contribution in [-0.2, 0) is 0 Å². The third-order valence-electron chi connectivity index (χ3n) is 3.03. The van der Waals surface area contributed by atoms with Gasteiger partial charge in [-0.3, -0.25) is 4.79 Å². The number of thiophene rings is 1. The quantitative estimate of drug-likeness (QED) is 0.678. The highest BCUT2D eigenvalue weighted by Gasteiger charge is 2.12. The van der Waals surface area contributed by atoms with Crippen LogP contribution in [-0.4, -0.2) is 16.1 Å². The zero-order chi connectivity index (χ0) is 13.2. The standard InChI is InChI=1S/C15H12N2OS/c1-11-4-2-3-5-14(11)17-8-13(9-18)15(16-17)12-6-7-19-10-12/h2-10H,1H3. The second-order valence-corrected chi connectivity index (χ2v) is 5.07. The van der Waals surface area contributed by atoms with Gasteiger partial charge in [-0.2, -0.15) is 16.4 Å². The first-order chi connectivity index (χ1) is 9.29. The van der Waals surface area contributed by atoms with E-state index in [-0.39, 0.29) is 0 Å². The highest BCUT2D eigenvalue weighted by molar-refractivity contribution is 7.08. The molecule has 2 aromatic heterocycles. The van der Waals surface area contributed by atoms with E-state index in [9.17, 15) is 4.79 Å². The minimum absolute atomic E-state index is 0.613. The van der Waals surface area contributed by atoms with Crippen LogP contribution in [0.5, 0.6) is 0 Å². The molecule has 3 rings (SSSR count). The number of nitrogens with zero attached hydrogens (tertiary/aromatic N) is 2. The van der Waals surface area contributed by atoms with Gasteiger partial charge in [0.2, 0.25) is 0 Å². The highest BCUT2D eigenvalue weighted by atomic mass is 32.1. The van der Waals surface area contributed by atoms with Gasteiger partial charge in [-0.05, 0) is 30.0 Å². The van der Waals surface area contributed by atoms with Gasteiger partial charge in [-0.15, -0.1) is 0 Å². The number of aromatic nitrogens is 2. The topological polar surface area (TPSA) is 34.9 Å². The molecular weight excluding hydrogens is 256 g/mol. The monoisotopic (exact) mass is 268 g/mol. The largest absolute Gasteiger partial charge is 0.298 e. The summed E-state index contributed by atoms with van der Waals surface area (Å²) in [7, 11) is 0. The first-order valence-electron chi connectivity index (χ1n) is 5.93. The molecule has 0 amide bonds. The first-order valence-corrected chi connectivity index (χ1v) is 6.87. The van der Waals surface area contributed by atoms with Gasteiger partial charge < -0.3 is 0 Å². The lowest BCUT2D eigenvalue weighted by molar-refractivity contribution is 0.112. The summed E-state index contributed by atoms with van der Waals surface area (Å²) in [6, 6.07) is 9.95. The zero-order valence-electron chi connectivity index (χ0n) is 10.4. The van der Waals surface area contributed by atoms with Crippen LogP contribution in [0.4, 0.5) is 0 Å². The SMILES string of the molecule is Cc1ccccc1-n1cc(C=O)c(-c2ccsc2)n1. The minimum Gasteiger partial charge on any atom is -0.298 e. The van der Waals surface area contributed by atoms with Gasteiger partial charge in [0, 0.05) is 17.1 Å². The molecule has 94 valence electrons. The van der Waals surface area contributed by atoms with Crippen molar-refractivity contribution in [3.63, 3.8) is 0 Å². The van der Waals surface area contributed by atoms with E-state index < -0.39 is 0 Å². The van der Waals surface area contributed by atoms with E-state index in [2.05, 4.69) is 5.10 Å². The number of rotatable bonds is 3. The molecule has 0 saturated carbocycles. The zero-order valence-corrected chi connectivity index (χ0v) is 11.2. The minimum atomic E-state index is 0.613. The lowest BCUT2D eigenvalue weighted by Gasteiger charge is -2.04. The molecule has 0 unspecified atom stereocenters. The molecule has 0 spiro atoms. The number of benzene rings is 1. The second-order valence-electron chi connectivity index (χ2n) is 4.29. The number of hydrogen-bond donors (Lipinski definition) is 0. The molecule has 19 heavy (non-hydrogen) atoms. The Balaban J connectivity index is 2.15. The summed E-state index contributed by atoms with van der Waals surface area (Å²) in [6.45, 7) is 2.03. The molecule has 0 aliphatic rings. The summed E-state index contributed by atoms with van der Waals surface area (Å²) in [5.74, 6) is 0. The fourth-order valence-electron chi connectivity index (χ4n) is 2.04. The average molecular weight is 268 g/mol. The number of carbonyl (C=O) groups is 1. The molecule has 0 radical (unpaired) electrons. The Morgan fingerprint density at radius 2 is 2.11 bits per heavy atom. The maximum absolute atomic E-state index is 11.2. The molecule has 0 aliphatic heterocycles. The van der Waals surface area contributed by atoms with Gasteiger partial charge in [0.15, 0.2) is 6.29 Å². The Bertz CT molecular complexity index is 714. The van der Waals surface area contributed by atoms with Gasteiger partial charge in [-0.1, -0.05) is 18.2 Å². The van der Waals surface area contributed by atoms with Crippen molar-refractivity contribution in [2.75, 3.05) is 0 Å². The molecule has 4 heteroatoms. The van der Waals surface area contributed by atoms with Crippen LogP contribution in [0.25, 0.3) is 16.9 Å². The molecule has 0 bridgehead atoms. The second kappa shape index (κ2) is 4.82. The van der Waals surface area contributed by atoms with Crippen LogP contribution in [0.15, 0.2) is 47.3 Å². The van der Waals surface area contributed by atoms with E-state index in [1.54, 1.807) is 22.2 Å². The molecule has 0 fully saturated rings. The maximum Gasteiger partial charge on any atom is 0.153 e. The van der Waals surface area contributed by atoms with Crippen molar-refractivity contribution in [3.05, 3.63) is 58.4 Å². The Morgan fingerprint density at radius 1 is 1.26 bits per heavy atom. The Hall–Kier alpha value is -2.20. The number of para-hydroxylation sites is 1. The third kappa shape index (κ3) is 2.11. The number of carbonyl (C=O) groups excluding carboxylic acids is 1. The third-order valence-corrected chi connectivity index (χ3v) is 3.71. The van der Waals surface area contributed by atoms with Crippen LogP contribution in [0.2, 0.25) is 0 Å². The molecule has 0 N–H and O–H groups in total. The summed E-state index contributed by atoms with van der Waals surface area (Å²) < 4.78 is 1.77. The van der Waals surface area contributed by atoms with Crippen LogP contribution >= 0.6 is 11.3 Å². The number of aldehydes is 1. The molecule has 1 aromatic carbocycles. The Kier molecular flexibility index (Phi) is 3.01. The van der Waals surface area contributed by atoms with Crippen molar-refractivity contribution in [2.24, 2.45) is 0 Å². The van der Waals surface area contributed by atoms with E-state index in [1.807, 2.05) is 48.0 Å². The lowest BCUT2D eigenvalue weighted by Crippen LogP contribution is -1.97. The van der Waals surface area contributed by atoms with Gasteiger partial charge in [0.05, 0.1) is 11.3 Å². The Labute approximate surface area is 115 Å².